The summed E-state index contributed by atoms with van der Waals surface area (Å²) >= 11 is 11.8. The van der Waals surface area contributed by atoms with Gasteiger partial charge in [-0.2, -0.15) is 0 Å². The summed E-state index contributed by atoms with van der Waals surface area (Å²) in [6, 6.07) is 0. The Hall–Kier alpha value is -1.20. The minimum absolute atomic E-state index is 0.0491. The van der Waals surface area contributed by atoms with Gasteiger partial charge in [0.05, 0.1) is 0 Å². The number of carbonyl (C=O) groups is 1. The molecule has 7 heteroatoms. The van der Waals surface area contributed by atoms with E-state index in [1.165, 1.54) is 4.90 Å². The highest BCUT2D eigenvalue weighted by molar-refractivity contribution is 6.38. The number of amides is 1. The van der Waals surface area contributed by atoms with E-state index >= 15 is 0 Å². The van der Waals surface area contributed by atoms with Crippen LogP contribution in [0.25, 0.3) is 0 Å². The van der Waals surface area contributed by atoms with Crippen LogP contribution in [0.1, 0.15) is 20.3 Å². The number of rotatable bonds is 4. The molecule has 1 heterocycles. The van der Waals surface area contributed by atoms with Crippen LogP contribution in [0, 0.1) is 0 Å². The molecule has 1 aromatic rings. The van der Waals surface area contributed by atoms with E-state index in [-0.39, 0.29) is 21.9 Å². The van der Waals surface area contributed by atoms with Gasteiger partial charge in [0.15, 0.2) is 10.3 Å². The number of anilines is 1. The molecule has 1 aromatic heterocycles. The maximum atomic E-state index is 12.0. The topological polar surface area (TPSA) is 59.0 Å². The van der Waals surface area contributed by atoms with E-state index in [0.29, 0.717) is 12.1 Å². The lowest BCUT2D eigenvalue weighted by Gasteiger charge is -2.22. The minimum Gasteiger partial charge on any atom is -0.303 e. The monoisotopic (exact) mass is 274 g/mol. The minimum atomic E-state index is -0.259. The molecule has 0 spiro atoms. The van der Waals surface area contributed by atoms with Crippen LogP contribution in [0.3, 0.4) is 0 Å². The van der Waals surface area contributed by atoms with Gasteiger partial charge in [-0.05, 0) is 18.6 Å². The first kappa shape index (κ1) is 13.9. The zero-order valence-corrected chi connectivity index (χ0v) is 11.1. The molecular weight excluding hydrogens is 263 g/mol. The van der Waals surface area contributed by atoms with Crippen molar-refractivity contribution in [3.05, 3.63) is 22.5 Å². The first-order chi connectivity index (χ1) is 7.99. The smallest absolute Gasteiger partial charge is 0.253 e. The van der Waals surface area contributed by atoms with Crippen molar-refractivity contribution < 1.29 is 4.79 Å². The molecule has 0 N–H and O–H groups in total. The molecule has 0 saturated heterocycles. The van der Waals surface area contributed by atoms with Crippen LogP contribution in [0.2, 0.25) is 10.3 Å². The predicted molar refractivity (Wildman–Crippen MR) is 67.3 cm³/mol. The van der Waals surface area contributed by atoms with Crippen molar-refractivity contribution >= 4 is 34.8 Å². The lowest BCUT2D eigenvalue weighted by Crippen LogP contribution is -2.33. The van der Waals surface area contributed by atoms with Crippen LogP contribution in [0.5, 0.6) is 0 Å². The quantitative estimate of drug-likeness (QED) is 0.792. The van der Waals surface area contributed by atoms with Crippen LogP contribution in [0.15, 0.2) is 12.2 Å². The van der Waals surface area contributed by atoms with Crippen LogP contribution >= 0.6 is 23.2 Å². The fraction of sp³-hybridized carbons (Fsp3) is 0.400. The molecule has 17 heavy (non-hydrogen) atoms. The summed E-state index contributed by atoms with van der Waals surface area (Å²) in [6.45, 7) is 7.62. The van der Waals surface area contributed by atoms with Gasteiger partial charge < -0.3 is 4.90 Å². The third-order valence-electron chi connectivity index (χ3n) is 1.98. The molecule has 1 rings (SSSR count). The predicted octanol–water partition coefficient (Wildman–Crippen LogP) is 2.50. The van der Waals surface area contributed by atoms with Crippen LogP contribution < -0.4 is 4.90 Å². The zero-order chi connectivity index (χ0) is 13.0. The van der Waals surface area contributed by atoms with Gasteiger partial charge in [-0.3, -0.25) is 4.79 Å². The fourth-order valence-electron chi connectivity index (χ4n) is 1.27. The van der Waals surface area contributed by atoms with Gasteiger partial charge in [0, 0.05) is 12.1 Å². The highest BCUT2D eigenvalue weighted by atomic mass is 35.5. The van der Waals surface area contributed by atoms with E-state index in [2.05, 4.69) is 22.0 Å². The summed E-state index contributed by atoms with van der Waals surface area (Å²) in [6.07, 6.45) is 0.744. The Kier molecular flexibility index (Phi) is 4.84. The number of halogens is 2. The van der Waals surface area contributed by atoms with Crippen molar-refractivity contribution in [2.45, 2.75) is 20.3 Å². The zero-order valence-electron chi connectivity index (χ0n) is 9.57. The molecule has 0 bridgehead atoms. The van der Waals surface area contributed by atoms with Crippen molar-refractivity contribution in [2.24, 2.45) is 0 Å². The van der Waals surface area contributed by atoms with Crippen LogP contribution in [-0.2, 0) is 4.79 Å². The highest BCUT2D eigenvalue weighted by Gasteiger charge is 2.22. The van der Waals surface area contributed by atoms with Gasteiger partial charge in [0.1, 0.15) is 5.69 Å². The Bertz CT molecular complexity index is 430. The molecule has 92 valence electrons. The van der Waals surface area contributed by atoms with E-state index < -0.39 is 0 Å². The summed E-state index contributed by atoms with van der Waals surface area (Å²) < 4.78 is 0. The number of nitrogens with zero attached hydrogens (tertiary/aromatic N) is 4. The molecule has 0 aliphatic heterocycles. The Morgan fingerprint density at radius 2 is 1.88 bits per heavy atom. The molecule has 1 amide bonds. The molecule has 0 radical (unpaired) electrons. The van der Waals surface area contributed by atoms with Crippen LogP contribution in [-0.4, -0.2) is 27.9 Å². The summed E-state index contributed by atoms with van der Waals surface area (Å²) in [5.41, 5.74) is 0.667. The fourth-order valence-corrected chi connectivity index (χ4v) is 1.77. The van der Waals surface area contributed by atoms with Crippen molar-refractivity contribution in [2.75, 3.05) is 11.4 Å². The molecule has 0 saturated carbocycles. The normalized spacial score (nSPS) is 10.1. The third-order valence-corrected chi connectivity index (χ3v) is 2.49. The van der Waals surface area contributed by atoms with Crippen molar-refractivity contribution in [1.82, 2.24) is 15.4 Å². The highest BCUT2D eigenvalue weighted by Crippen LogP contribution is 2.30. The number of hydrogen-bond donors (Lipinski definition) is 0. The molecule has 0 aliphatic rings. The van der Waals surface area contributed by atoms with Crippen molar-refractivity contribution in [1.29, 1.82) is 0 Å². The van der Waals surface area contributed by atoms with E-state index in [1.807, 2.05) is 6.92 Å². The first-order valence-electron chi connectivity index (χ1n) is 5.00. The lowest BCUT2D eigenvalue weighted by molar-refractivity contribution is -0.115. The standard InChI is InChI=1S/C10H12Cl2N4O/c1-4-5-16(10(17)6(2)3)7-8(11)13-15-14-9(7)12/h2,4-5H2,1,3H3. The number of hydrogen-bond acceptors (Lipinski definition) is 4. The second kappa shape index (κ2) is 5.93. The second-order valence-electron chi connectivity index (χ2n) is 3.46. The molecule has 0 unspecified atom stereocenters. The summed E-state index contributed by atoms with van der Waals surface area (Å²) in [5.74, 6) is -0.259. The number of carbonyl (C=O) groups excluding carboxylic acids is 1. The van der Waals surface area contributed by atoms with E-state index in [9.17, 15) is 4.79 Å². The van der Waals surface area contributed by atoms with Gasteiger partial charge in [0.25, 0.3) is 5.91 Å². The summed E-state index contributed by atoms with van der Waals surface area (Å²) in [4.78, 5) is 13.4. The molecule has 0 aliphatic carbocycles. The van der Waals surface area contributed by atoms with Crippen molar-refractivity contribution in [3.63, 3.8) is 0 Å². The molecule has 5 nitrogen and oxygen atoms in total. The summed E-state index contributed by atoms with van der Waals surface area (Å²) in [7, 11) is 0. The third kappa shape index (κ3) is 3.14. The number of aromatic nitrogens is 3. The molecule has 0 atom stereocenters. The van der Waals surface area contributed by atoms with Crippen LogP contribution in [0.4, 0.5) is 5.69 Å². The average Bonchev–Trinajstić information content (AvgIpc) is 2.26. The Morgan fingerprint density at radius 1 is 1.35 bits per heavy atom. The largest absolute Gasteiger partial charge is 0.303 e. The summed E-state index contributed by atoms with van der Waals surface area (Å²) in [5, 5.41) is 10.6. The van der Waals surface area contributed by atoms with E-state index in [4.69, 9.17) is 23.2 Å². The maximum Gasteiger partial charge on any atom is 0.253 e. The Labute approximate surface area is 109 Å². The first-order valence-corrected chi connectivity index (χ1v) is 5.76. The maximum absolute atomic E-state index is 12.0. The van der Waals surface area contributed by atoms with Crippen molar-refractivity contribution in [3.8, 4) is 0 Å². The van der Waals surface area contributed by atoms with Gasteiger partial charge in [-0.15, -0.1) is 10.2 Å². The van der Waals surface area contributed by atoms with Gasteiger partial charge >= 0.3 is 0 Å². The van der Waals surface area contributed by atoms with Gasteiger partial charge in [-0.25, -0.2) is 0 Å². The van der Waals surface area contributed by atoms with Gasteiger partial charge in [0.2, 0.25) is 0 Å². The van der Waals surface area contributed by atoms with E-state index in [0.717, 1.165) is 6.42 Å². The Morgan fingerprint density at radius 3 is 2.29 bits per heavy atom. The second-order valence-corrected chi connectivity index (χ2v) is 4.17. The molecule has 0 aromatic carbocycles. The average molecular weight is 275 g/mol. The lowest BCUT2D eigenvalue weighted by atomic mass is 10.2. The molecule has 0 fully saturated rings. The van der Waals surface area contributed by atoms with Gasteiger partial charge in [-0.1, -0.05) is 36.7 Å². The van der Waals surface area contributed by atoms with E-state index in [1.54, 1.807) is 6.92 Å². The SMILES string of the molecule is C=C(C)C(=O)N(CCC)c1c(Cl)nnnc1Cl. The molecular formula is C10H12Cl2N4O. The Balaban J connectivity index is 3.23.